The smallest absolute Gasteiger partial charge is 0.338 e. The molecule has 2 heterocycles. The second-order valence-electron chi connectivity index (χ2n) is 4.11. The number of rotatable bonds is 3. The van der Waals surface area contributed by atoms with E-state index >= 15 is 0 Å². The Bertz CT molecular complexity index is 680. The van der Waals surface area contributed by atoms with Crippen molar-refractivity contribution in [3.63, 3.8) is 0 Å². The Labute approximate surface area is 124 Å². The molecule has 2 N–H and O–H groups in total. The van der Waals surface area contributed by atoms with Crippen LogP contribution in [0.3, 0.4) is 0 Å². The largest absolute Gasteiger partial charge is 0.478 e. The van der Waals surface area contributed by atoms with Gasteiger partial charge < -0.3 is 10.4 Å². The minimum atomic E-state index is -1.06. The molecule has 0 aromatic carbocycles. The first kappa shape index (κ1) is 14.5. The number of thiophene rings is 1. The van der Waals surface area contributed by atoms with Gasteiger partial charge in [0.25, 0.3) is 5.91 Å². The van der Waals surface area contributed by atoms with E-state index in [1.807, 2.05) is 6.92 Å². The van der Waals surface area contributed by atoms with Gasteiger partial charge in [-0.3, -0.25) is 4.79 Å². The van der Waals surface area contributed by atoms with Crippen molar-refractivity contribution in [2.24, 2.45) is 0 Å². The summed E-state index contributed by atoms with van der Waals surface area (Å²) in [4.78, 5) is 28.0. The summed E-state index contributed by atoms with van der Waals surface area (Å²) < 4.78 is 0. The van der Waals surface area contributed by atoms with Gasteiger partial charge in [-0.1, -0.05) is 11.6 Å². The first-order valence-corrected chi connectivity index (χ1v) is 6.85. The zero-order chi connectivity index (χ0) is 14.9. The summed E-state index contributed by atoms with van der Waals surface area (Å²) in [7, 11) is 0. The van der Waals surface area contributed by atoms with E-state index in [1.54, 1.807) is 13.0 Å². The molecule has 0 unspecified atom stereocenters. The number of carbonyl (C=O) groups excluding carboxylic acids is 1. The fourth-order valence-electron chi connectivity index (χ4n) is 1.65. The number of carboxylic acids is 1. The van der Waals surface area contributed by atoms with Crippen molar-refractivity contribution >= 4 is 39.8 Å². The summed E-state index contributed by atoms with van der Waals surface area (Å²) in [6.45, 7) is 3.52. The summed E-state index contributed by atoms with van der Waals surface area (Å²) in [6.07, 6.45) is 1.36. The first-order chi connectivity index (χ1) is 9.40. The van der Waals surface area contributed by atoms with Crippen molar-refractivity contribution in [2.75, 3.05) is 5.32 Å². The number of aromatic nitrogens is 1. The average molecular weight is 311 g/mol. The van der Waals surface area contributed by atoms with Gasteiger partial charge in [0.05, 0.1) is 10.6 Å². The van der Waals surface area contributed by atoms with Crippen molar-refractivity contribution in [3.8, 4) is 0 Å². The van der Waals surface area contributed by atoms with Crippen LogP contribution in [-0.2, 0) is 0 Å². The molecule has 0 spiro atoms. The number of pyridine rings is 1. The van der Waals surface area contributed by atoms with Gasteiger partial charge in [0, 0.05) is 11.1 Å². The number of carboxylic acid groups (broad SMARTS) is 1. The van der Waals surface area contributed by atoms with E-state index < -0.39 is 11.9 Å². The third-order valence-electron chi connectivity index (χ3n) is 2.79. The number of halogens is 1. The molecule has 5 nitrogen and oxygen atoms in total. The van der Waals surface area contributed by atoms with Crippen LogP contribution in [0.5, 0.6) is 0 Å². The third kappa shape index (κ3) is 2.81. The van der Waals surface area contributed by atoms with Crippen molar-refractivity contribution in [1.29, 1.82) is 0 Å². The van der Waals surface area contributed by atoms with E-state index in [4.69, 9.17) is 11.6 Å². The Morgan fingerprint density at radius 2 is 2.05 bits per heavy atom. The highest BCUT2D eigenvalue weighted by Gasteiger charge is 2.21. The van der Waals surface area contributed by atoms with Gasteiger partial charge in [0.1, 0.15) is 10.7 Å². The number of hydrogen-bond acceptors (Lipinski definition) is 4. The normalized spacial score (nSPS) is 10.3. The zero-order valence-corrected chi connectivity index (χ0v) is 12.3. The lowest BCUT2D eigenvalue weighted by atomic mass is 10.1. The molecule has 2 rings (SSSR count). The molecule has 2 aromatic rings. The fourth-order valence-corrected chi connectivity index (χ4v) is 2.81. The Morgan fingerprint density at radius 3 is 2.60 bits per heavy atom. The summed E-state index contributed by atoms with van der Waals surface area (Å²) in [5.41, 5.74) is 0.950. The summed E-state index contributed by atoms with van der Waals surface area (Å²) in [6, 6.07) is 3.03. The molecule has 0 fully saturated rings. The molecule has 7 heteroatoms. The molecule has 0 aliphatic rings. The minimum Gasteiger partial charge on any atom is -0.478 e. The van der Waals surface area contributed by atoms with Gasteiger partial charge in [0.15, 0.2) is 0 Å². The third-order valence-corrected chi connectivity index (χ3v) is 4.13. The molecule has 0 saturated heterocycles. The minimum absolute atomic E-state index is 0.120. The quantitative estimate of drug-likeness (QED) is 0.911. The van der Waals surface area contributed by atoms with Gasteiger partial charge in [-0.25, -0.2) is 9.78 Å². The van der Waals surface area contributed by atoms with Crippen molar-refractivity contribution < 1.29 is 14.7 Å². The van der Waals surface area contributed by atoms with Crippen LogP contribution in [0.25, 0.3) is 0 Å². The highest BCUT2D eigenvalue weighted by atomic mass is 35.5. The molecule has 104 valence electrons. The number of carbonyl (C=O) groups is 2. The number of anilines is 1. The summed E-state index contributed by atoms with van der Waals surface area (Å²) in [5, 5.41) is 12.5. The van der Waals surface area contributed by atoms with E-state index in [0.717, 1.165) is 4.88 Å². The molecule has 0 saturated carbocycles. The average Bonchev–Trinajstić information content (AvgIpc) is 2.65. The molecule has 0 aliphatic heterocycles. The van der Waals surface area contributed by atoms with Crippen LogP contribution in [0.15, 0.2) is 18.3 Å². The lowest BCUT2D eigenvalue weighted by Crippen LogP contribution is -2.14. The predicted molar refractivity (Wildman–Crippen MR) is 78.0 cm³/mol. The Kier molecular flexibility index (Phi) is 4.06. The molecule has 0 radical (unpaired) electrons. The van der Waals surface area contributed by atoms with Crippen LogP contribution in [0, 0.1) is 13.8 Å². The number of hydrogen-bond donors (Lipinski definition) is 2. The summed E-state index contributed by atoms with van der Waals surface area (Å²) in [5.74, 6) is -1.53. The van der Waals surface area contributed by atoms with Crippen molar-refractivity contribution in [3.05, 3.63) is 45.1 Å². The van der Waals surface area contributed by atoms with E-state index in [1.165, 1.54) is 23.6 Å². The SMILES string of the molecule is Cc1sc(NC(=O)c2ccc(Cl)cn2)c(C(=O)O)c1C. The second kappa shape index (κ2) is 5.60. The first-order valence-electron chi connectivity index (χ1n) is 5.66. The Morgan fingerprint density at radius 1 is 1.35 bits per heavy atom. The molecule has 1 amide bonds. The van der Waals surface area contributed by atoms with E-state index in [0.29, 0.717) is 15.6 Å². The van der Waals surface area contributed by atoms with Gasteiger partial charge >= 0.3 is 5.97 Å². The van der Waals surface area contributed by atoms with Crippen LogP contribution in [0.1, 0.15) is 31.3 Å². The predicted octanol–water partition coefficient (Wildman–Crippen LogP) is 3.36. The highest BCUT2D eigenvalue weighted by molar-refractivity contribution is 7.16. The van der Waals surface area contributed by atoms with E-state index in [2.05, 4.69) is 10.3 Å². The van der Waals surface area contributed by atoms with Gasteiger partial charge in [-0.2, -0.15) is 0 Å². The number of nitrogens with one attached hydrogen (secondary N) is 1. The number of aryl methyl sites for hydroxylation is 1. The maximum atomic E-state index is 12.0. The topological polar surface area (TPSA) is 79.3 Å². The lowest BCUT2D eigenvalue weighted by molar-refractivity contribution is 0.0697. The van der Waals surface area contributed by atoms with Crippen LogP contribution in [0.2, 0.25) is 5.02 Å². The number of amides is 1. The Balaban J connectivity index is 2.30. The molecule has 0 aliphatic carbocycles. The molecule has 2 aromatic heterocycles. The van der Waals surface area contributed by atoms with Gasteiger partial charge in [-0.05, 0) is 31.5 Å². The molecule has 0 bridgehead atoms. The zero-order valence-electron chi connectivity index (χ0n) is 10.7. The second-order valence-corrected chi connectivity index (χ2v) is 5.77. The van der Waals surface area contributed by atoms with E-state index in [-0.39, 0.29) is 11.3 Å². The van der Waals surface area contributed by atoms with Crippen LogP contribution < -0.4 is 5.32 Å². The maximum absolute atomic E-state index is 12.0. The molecule has 0 atom stereocenters. The Hall–Kier alpha value is -1.92. The standard InChI is InChI=1S/C13H11ClN2O3S/c1-6-7(2)20-12(10(6)13(18)19)16-11(17)9-4-3-8(14)5-15-9/h3-5H,1-2H3,(H,16,17)(H,18,19). The molecule has 20 heavy (non-hydrogen) atoms. The molecular weight excluding hydrogens is 300 g/mol. The highest BCUT2D eigenvalue weighted by Crippen LogP contribution is 2.32. The monoisotopic (exact) mass is 310 g/mol. The summed E-state index contributed by atoms with van der Waals surface area (Å²) >= 11 is 6.93. The van der Waals surface area contributed by atoms with Crippen LogP contribution >= 0.6 is 22.9 Å². The fraction of sp³-hybridized carbons (Fsp3) is 0.154. The van der Waals surface area contributed by atoms with Crippen molar-refractivity contribution in [1.82, 2.24) is 4.98 Å². The number of aromatic carboxylic acids is 1. The maximum Gasteiger partial charge on any atom is 0.338 e. The molecular formula is C13H11ClN2O3S. The van der Waals surface area contributed by atoms with Gasteiger partial charge in [-0.15, -0.1) is 11.3 Å². The lowest BCUT2D eigenvalue weighted by Gasteiger charge is -2.04. The number of nitrogens with zero attached hydrogens (tertiary/aromatic N) is 1. The van der Waals surface area contributed by atoms with Gasteiger partial charge in [0.2, 0.25) is 0 Å². The van der Waals surface area contributed by atoms with Crippen LogP contribution in [0.4, 0.5) is 5.00 Å². The van der Waals surface area contributed by atoms with Crippen LogP contribution in [-0.4, -0.2) is 22.0 Å². The van der Waals surface area contributed by atoms with Crippen molar-refractivity contribution in [2.45, 2.75) is 13.8 Å². The van der Waals surface area contributed by atoms with E-state index in [9.17, 15) is 14.7 Å².